The van der Waals surface area contributed by atoms with E-state index in [-0.39, 0.29) is 5.69 Å². The number of carbonyl (C=O) groups excluding carboxylic acids is 2. The fraction of sp³-hybridized carbons (Fsp3) is 0. The minimum atomic E-state index is -0.557. The number of amides is 2. The Morgan fingerprint density at radius 1 is 1.03 bits per heavy atom. The molecular weight excluding hydrogens is 442 g/mol. The zero-order valence-electron chi connectivity index (χ0n) is 14.8. The van der Waals surface area contributed by atoms with Crippen LogP contribution in [0.2, 0.25) is 0 Å². The maximum Gasteiger partial charge on any atom is 0.270 e. The average molecular weight is 456 g/mol. The van der Waals surface area contributed by atoms with Gasteiger partial charge in [0.25, 0.3) is 17.5 Å². The van der Waals surface area contributed by atoms with Crippen molar-refractivity contribution in [2.45, 2.75) is 0 Å². The highest BCUT2D eigenvalue weighted by atomic mass is 79.9. The van der Waals surface area contributed by atoms with Crippen molar-refractivity contribution in [1.82, 2.24) is 10.9 Å². The minimum Gasteiger partial charge on any atom is -0.457 e. The molecule has 0 aliphatic heterocycles. The van der Waals surface area contributed by atoms with Crippen LogP contribution in [0.25, 0.3) is 17.4 Å². The predicted octanol–water partition coefficient (Wildman–Crippen LogP) is 4.09. The summed E-state index contributed by atoms with van der Waals surface area (Å²) in [5, 5.41) is 10.9. The van der Waals surface area contributed by atoms with Crippen LogP contribution in [0.5, 0.6) is 0 Å². The Bertz CT molecular complexity index is 1110. The van der Waals surface area contributed by atoms with Gasteiger partial charge in [-0.2, -0.15) is 0 Å². The van der Waals surface area contributed by atoms with Gasteiger partial charge in [0.05, 0.1) is 10.5 Å². The lowest BCUT2D eigenvalue weighted by Gasteiger charge is -2.06. The lowest BCUT2D eigenvalue weighted by atomic mass is 10.1. The summed E-state index contributed by atoms with van der Waals surface area (Å²) >= 11 is 3.26. The minimum absolute atomic E-state index is 0.0452. The number of halogens is 1. The van der Waals surface area contributed by atoms with Crippen LogP contribution in [0.3, 0.4) is 0 Å². The molecule has 0 radical (unpaired) electrons. The number of rotatable bonds is 5. The fourth-order valence-corrected chi connectivity index (χ4v) is 2.87. The zero-order valence-corrected chi connectivity index (χ0v) is 16.4. The van der Waals surface area contributed by atoms with E-state index >= 15 is 0 Å². The summed E-state index contributed by atoms with van der Waals surface area (Å²) < 4.78 is 6.19. The Hall–Kier alpha value is -3.72. The topological polar surface area (TPSA) is 114 Å². The molecule has 8 nitrogen and oxygen atoms in total. The number of carbonyl (C=O) groups is 2. The second kappa shape index (κ2) is 8.98. The van der Waals surface area contributed by atoms with E-state index in [0.29, 0.717) is 27.1 Å². The average Bonchev–Trinajstić information content (AvgIpc) is 3.20. The van der Waals surface area contributed by atoms with Crippen LogP contribution in [-0.2, 0) is 4.79 Å². The van der Waals surface area contributed by atoms with Crippen molar-refractivity contribution in [3.63, 3.8) is 0 Å². The van der Waals surface area contributed by atoms with Crippen molar-refractivity contribution in [2.24, 2.45) is 0 Å². The SMILES string of the molecule is O=C(/C=C\c1ccc(-c2cccc([N+](=O)[O-])c2)o1)NNC(=O)c1ccccc1Br. The van der Waals surface area contributed by atoms with Crippen LogP contribution in [0.15, 0.2) is 75.6 Å². The molecule has 0 bridgehead atoms. The molecule has 9 heteroatoms. The van der Waals surface area contributed by atoms with Crippen LogP contribution in [0.1, 0.15) is 16.1 Å². The van der Waals surface area contributed by atoms with Crippen molar-refractivity contribution in [3.8, 4) is 11.3 Å². The summed E-state index contributed by atoms with van der Waals surface area (Å²) in [4.78, 5) is 34.3. The van der Waals surface area contributed by atoms with Gasteiger partial charge in [-0.1, -0.05) is 24.3 Å². The summed E-state index contributed by atoms with van der Waals surface area (Å²) in [5.74, 6) is -0.223. The van der Waals surface area contributed by atoms with E-state index in [0.717, 1.165) is 0 Å². The quantitative estimate of drug-likeness (QED) is 0.341. The van der Waals surface area contributed by atoms with Crippen molar-refractivity contribution in [2.75, 3.05) is 0 Å². The fourth-order valence-electron chi connectivity index (χ4n) is 2.40. The third-order valence-electron chi connectivity index (χ3n) is 3.78. The predicted molar refractivity (Wildman–Crippen MR) is 110 cm³/mol. The maximum absolute atomic E-state index is 12.0. The number of hydrogen-bond donors (Lipinski definition) is 2. The monoisotopic (exact) mass is 455 g/mol. The molecule has 2 N–H and O–H groups in total. The van der Waals surface area contributed by atoms with E-state index in [9.17, 15) is 19.7 Å². The molecule has 0 saturated heterocycles. The molecule has 146 valence electrons. The van der Waals surface area contributed by atoms with Crippen LogP contribution in [0.4, 0.5) is 5.69 Å². The van der Waals surface area contributed by atoms with Gasteiger partial charge in [-0.05, 0) is 46.3 Å². The van der Waals surface area contributed by atoms with Crippen molar-refractivity contribution in [1.29, 1.82) is 0 Å². The molecule has 0 aliphatic carbocycles. The summed E-state index contributed by atoms with van der Waals surface area (Å²) in [5.41, 5.74) is 5.46. The highest BCUT2D eigenvalue weighted by Crippen LogP contribution is 2.26. The van der Waals surface area contributed by atoms with Crippen LogP contribution in [0, 0.1) is 10.1 Å². The Morgan fingerprint density at radius 2 is 1.83 bits per heavy atom. The summed E-state index contributed by atoms with van der Waals surface area (Å²) in [6.07, 6.45) is 2.61. The first-order valence-electron chi connectivity index (χ1n) is 8.31. The lowest BCUT2D eigenvalue weighted by molar-refractivity contribution is -0.384. The van der Waals surface area contributed by atoms with Crippen LogP contribution >= 0.6 is 15.9 Å². The van der Waals surface area contributed by atoms with E-state index in [1.807, 2.05) is 0 Å². The van der Waals surface area contributed by atoms with Crippen molar-refractivity contribution < 1.29 is 18.9 Å². The molecule has 2 amide bonds. The lowest BCUT2D eigenvalue weighted by Crippen LogP contribution is -2.40. The number of hydrogen-bond acceptors (Lipinski definition) is 5. The Morgan fingerprint density at radius 3 is 2.59 bits per heavy atom. The molecule has 3 rings (SSSR count). The molecule has 0 saturated carbocycles. The third-order valence-corrected chi connectivity index (χ3v) is 4.48. The number of nitrogens with one attached hydrogen (secondary N) is 2. The van der Waals surface area contributed by atoms with E-state index in [1.165, 1.54) is 24.3 Å². The van der Waals surface area contributed by atoms with E-state index in [4.69, 9.17) is 4.42 Å². The summed E-state index contributed by atoms with van der Waals surface area (Å²) in [6, 6.07) is 16.1. The molecule has 0 aliphatic rings. The summed E-state index contributed by atoms with van der Waals surface area (Å²) in [6.45, 7) is 0. The maximum atomic E-state index is 12.0. The molecule has 0 fully saturated rings. The zero-order chi connectivity index (χ0) is 20.8. The molecule has 1 aromatic heterocycles. The first-order chi connectivity index (χ1) is 13.9. The smallest absolute Gasteiger partial charge is 0.270 e. The third kappa shape index (κ3) is 5.17. The number of furan rings is 1. The largest absolute Gasteiger partial charge is 0.457 e. The molecular formula is C20H14BrN3O5. The number of nitro benzene ring substituents is 1. The number of benzene rings is 2. The van der Waals surface area contributed by atoms with Gasteiger partial charge in [0.15, 0.2) is 0 Å². The molecule has 3 aromatic rings. The van der Waals surface area contributed by atoms with Crippen molar-refractivity contribution >= 4 is 39.5 Å². The van der Waals surface area contributed by atoms with E-state index in [1.54, 1.807) is 48.5 Å². The normalized spacial score (nSPS) is 10.7. The molecule has 0 unspecified atom stereocenters. The van der Waals surface area contributed by atoms with E-state index < -0.39 is 16.7 Å². The Balaban J connectivity index is 1.60. The Labute approximate surface area is 173 Å². The second-order valence-corrected chi connectivity index (χ2v) is 6.62. The van der Waals surface area contributed by atoms with Gasteiger partial charge in [0.1, 0.15) is 11.5 Å². The van der Waals surface area contributed by atoms with Crippen LogP contribution < -0.4 is 10.9 Å². The van der Waals surface area contributed by atoms with Gasteiger partial charge in [-0.3, -0.25) is 30.6 Å². The first-order valence-corrected chi connectivity index (χ1v) is 9.11. The molecule has 29 heavy (non-hydrogen) atoms. The van der Waals surface area contributed by atoms with Gasteiger partial charge in [-0.25, -0.2) is 0 Å². The van der Waals surface area contributed by atoms with Crippen molar-refractivity contribution in [3.05, 3.63) is 92.7 Å². The number of non-ortho nitro benzene ring substituents is 1. The van der Waals surface area contributed by atoms with E-state index in [2.05, 4.69) is 26.8 Å². The van der Waals surface area contributed by atoms with Crippen LogP contribution in [-0.4, -0.2) is 16.7 Å². The van der Waals surface area contributed by atoms with Gasteiger partial charge in [-0.15, -0.1) is 0 Å². The van der Waals surface area contributed by atoms with Gasteiger partial charge in [0.2, 0.25) is 0 Å². The molecule has 2 aromatic carbocycles. The number of nitro groups is 1. The standard InChI is InChI=1S/C20H14BrN3O5/c21-17-7-2-1-6-16(17)20(26)23-22-19(25)11-9-15-8-10-18(29-15)13-4-3-5-14(12-13)24(27)28/h1-12H,(H,22,25)(H,23,26)/b11-9-. The van der Waals surface area contributed by atoms with Gasteiger partial charge < -0.3 is 4.42 Å². The highest BCUT2D eigenvalue weighted by molar-refractivity contribution is 9.10. The highest BCUT2D eigenvalue weighted by Gasteiger charge is 2.11. The molecule has 0 atom stereocenters. The number of hydrazine groups is 1. The second-order valence-electron chi connectivity index (χ2n) is 5.77. The first kappa shape index (κ1) is 20.0. The number of nitrogens with zero attached hydrogens (tertiary/aromatic N) is 1. The Kier molecular flexibility index (Phi) is 6.20. The summed E-state index contributed by atoms with van der Waals surface area (Å²) in [7, 11) is 0. The van der Waals surface area contributed by atoms with Gasteiger partial charge in [0, 0.05) is 28.2 Å². The van der Waals surface area contributed by atoms with Gasteiger partial charge >= 0.3 is 0 Å². The molecule has 0 spiro atoms. The molecule has 1 heterocycles.